The average Bonchev–Trinajstić information content (AvgIpc) is 2.87. The number of nitrogens with zero attached hydrogens (tertiary/aromatic N) is 4. The molecule has 1 atom stereocenters. The standard InChI is InChI=1S/C12H21N5OS/c1-4-13-12-15-14-10(19-12)11(18)17-7-5-6-9(8-17)16(2)3/h9H,4-8H2,1-3H3,(H,13,15). The van der Waals surface area contributed by atoms with Gasteiger partial charge in [0.2, 0.25) is 10.1 Å². The molecule has 0 aromatic carbocycles. The van der Waals surface area contributed by atoms with E-state index < -0.39 is 0 Å². The van der Waals surface area contributed by atoms with Gasteiger partial charge < -0.3 is 15.1 Å². The van der Waals surface area contributed by atoms with Crippen molar-refractivity contribution in [2.75, 3.05) is 39.0 Å². The van der Waals surface area contributed by atoms with E-state index in [4.69, 9.17) is 0 Å². The van der Waals surface area contributed by atoms with Crippen LogP contribution in [0.5, 0.6) is 0 Å². The van der Waals surface area contributed by atoms with Gasteiger partial charge in [-0.2, -0.15) is 0 Å². The van der Waals surface area contributed by atoms with E-state index in [1.54, 1.807) is 0 Å². The Balaban J connectivity index is 2.01. The van der Waals surface area contributed by atoms with Crippen molar-refractivity contribution in [3.05, 3.63) is 5.01 Å². The van der Waals surface area contributed by atoms with Crippen LogP contribution >= 0.6 is 11.3 Å². The molecule has 1 aliphatic heterocycles. The third-order valence-corrected chi connectivity index (χ3v) is 4.22. The van der Waals surface area contributed by atoms with Crippen LogP contribution in [-0.4, -0.2) is 65.7 Å². The van der Waals surface area contributed by atoms with Gasteiger partial charge in [0.1, 0.15) is 0 Å². The molecule has 2 rings (SSSR count). The normalized spacial score (nSPS) is 19.8. The summed E-state index contributed by atoms with van der Waals surface area (Å²) in [5.41, 5.74) is 0. The van der Waals surface area contributed by atoms with Crippen molar-refractivity contribution in [1.82, 2.24) is 20.0 Å². The minimum atomic E-state index is 0.00760. The van der Waals surface area contributed by atoms with Crippen LogP contribution in [0, 0.1) is 0 Å². The van der Waals surface area contributed by atoms with Gasteiger partial charge >= 0.3 is 0 Å². The maximum absolute atomic E-state index is 12.4. The van der Waals surface area contributed by atoms with Gasteiger partial charge in [0.15, 0.2) is 0 Å². The van der Waals surface area contributed by atoms with Crippen LogP contribution < -0.4 is 5.32 Å². The number of piperidine rings is 1. The number of anilines is 1. The lowest BCUT2D eigenvalue weighted by atomic mass is 10.1. The van der Waals surface area contributed by atoms with Crippen molar-refractivity contribution < 1.29 is 4.79 Å². The molecule has 6 nitrogen and oxygen atoms in total. The zero-order valence-corrected chi connectivity index (χ0v) is 12.5. The number of rotatable bonds is 4. The fourth-order valence-corrected chi connectivity index (χ4v) is 3.01. The van der Waals surface area contributed by atoms with E-state index in [1.165, 1.54) is 11.3 Å². The summed E-state index contributed by atoms with van der Waals surface area (Å²) in [6, 6.07) is 0.443. The predicted molar refractivity (Wildman–Crippen MR) is 76.7 cm³/mol. The van der Waals surface area contributed by atoms with Crippen molar-refractivity contribution in [2.45, 2.75) is 25.8 Å². The van der Waals surface area contributed by atoms with Gasteiger partial charge in [0.25, 0.3) is 5.91 Å². The molecule has 1 unspecified atom stereocenters. The SMILES string of the molecule is CCNc1nnc(C(=O)N2CCCC(N(C)C)C2)s1. The Kier molecular flexibility index (Phi) is 4.71. The maximum Gasteiger partial charge on any atom is 0.284 e. The van der Waals surface area contributed by atoms with Crippen LogP contribution in [0.4, 0.5) is 5.13 Å². The van der Waals surface area contributed by atoms with Crippen LogP contribution in [0.15, 0.2) is 0 Å². The molecule has 0 spiro atoms. The topological polar surface area (TPSA) is 61.4 Å². The van der Waals surface area contributed by atoms with Gasteiger partial charge in [-0.1, -0.05) is 11.3 Å². The summed E-state index contributed by atoms with van der Waals surface area (Å²) >= 11 is 1.33. The molecule has 1 aliphatic rings. The van der Waals surface area contributed by atoms with Crippen molar-refractivity contribution in [3.8, 4) is 0 Å². The van der Waals surface area contributed by atoms with Crippen molar-refractivity contribution >= 4 is 22.4 Å². The maximum atomic E-state index is 12.4. The monoisotopic (exact) mass is 283 g/mol. The molecule has 1 saturated heterocycles. The van der Waals surface area contributed by atoms with Gasteiger partial charge in [0.05, 0.1) is 0 Å². The highest BCUT2D eigenvalue weighted by Gasteiger charge is 2.27. The van der Waals surface area contributed by atoms with E-state index in [-0.39, 0.29) is 5.91 Å². The van der Waals surface area contributed by atoms with Gasteiger partial charge in [-0.25, -0.2) is 0 Å². The Morgan fingerprint density at radius 1 is 1.53 bits per heavy atom. The molecule has 1 amide bonds. The molecule has 0 saturated carbocycles. The molecule has 0 radical (unpaired) electrons. The van der Waals surface area contributed by atoms with Crippen LogP contribution in [0.2, 0.25) is 0 Å². The second-order valence-electron chi connectivity index (χ2n) is 4.95. The Morgan fingerprint density at radius 3 is 3.00 bits per heavy atom. The zero-order valence-electron chi connectivity index (χ0n) is 11.7. The summed E-state index contributed by atoms with van der Waals surface area (Å²) in [6.45, 7) is 4.38. The lowest BCUT2D eigenvalue weighted by Gasteiger charge is -2.35. The minimum absolute atomic E-state index is 0.00760. The highest BCUT2D eigenvalue weighted by atomic mass is 32.1. The number of hydrogen-bond donors (Lipinski definition) is 1. The van der Waals surface area contributed by atoms with Gasteiger partial charge in [-0.05, 0) is 33.9 Å². The molecular weight excluding hydrogens is 262 g/mol. The van der Waals surface area contributed by atoms with E-state index in [0.717, 1.165) is 32.5 Å². The second kappa shape index (κ2) is 6.29. The molecule has 1 N–H and O–H groups in total. The van der Waals surface area contributed by atoms with Crippen molar-refractivity contribution in [1.29, 1.82) is 0 Å². The first-order valence-electron chi connectivity index (χ1n) is 6.65. The largest absolute Gasteiger partial charge is 0.360 e. The number of amides is 1. The lowest BCUT2D eigenvalue weighted by Crippen LogP contribution is -2.47. The summed E-state index contributed by atoms with van der Waals surface area (Å²) < 4.78 is 0. The number of aromatic nitrogens is 2. The first-order valence-corrected chi connectivity index (χ1v) is 7.46. The molecule has 0 aliphatic carbocycles. The number of likely N-dealkylation sites (N-methyl/N-ethyl adjacent to an activating group) is 1. The number of carbonyl (C=O) groups excluding carboxylic acids is 1. The minimum Gasteiger partial charge on any atom is -0.360 e. The van der Waals surface area contributed by atoms with Crippen LogP contribution in [0.25, 0.3) is 0 Å². The summed E-state index contributed by atoms with van der Waals surface area (Å²) in [4.78, 5) is 16.5. The summed E-state index contributed by atoms with van der Waals surface area (Å²) in [5.74, 6) is 0.00760. The predicted octanol–water partition coefficient (Wildman–Crippen LogP) is 1.14. The lowest BCUT2D eigenvalue weighted by molar-refractivity contribution is 0.0634. The Bertz CT molecular complexity index is 434. The fraction of sp³-hybridized carbons (Fsp3) is 0.750. The quantitative estimate of drug-likeness (QED) is 0.898. The molecule has 1 aromatic heterocycles. The second-order valence-corrected chi connectivity index (χ2v) is 5.93. The molecule has 1 fully saturated rings. The van der Waals surface area contributed by atoms with Gasteiger partial charge in [-0.3, -0.25) is 4.79 Å². The third kappa shape index (κ3) is 3.42. The van der Waals surface area contributed by atoms with Gasteiger partial charge in [0, 0.05) is 25.7 Å². The average molecular weight is 283 g/mol. The molecule has 1 aromatic rings. The van der Waals surface area contributed by atoms with Crippen molar-refractivity contribution in [3.63, 3.8) is 0 Å². The van der Waals surface area contributed by atoms with E-state index in [9.17, 15) is 4.79 Å². The summed E-state index contributed by atoms with van der Waals surface area (Å²) in [5, 5.41) is 12.2. The van der Waals surface area contributed by atoms with Crippen molar-refractivity contribution in [2.24, 2.45) is 0 Å². The number of likely N-dealkylation sites (tertiary alicyclic amines) is 1. The van der Waals surface area contributed by atoms with Crippen LogP contribution in [0.1, 0.15) is 29.6 Å². The number of nitrogens with one attached hydrogen (secondary N) is 1. The fourth-order valence-electron chi connectivity index (χ4n) is 2.23. The smallest absolute Gasteiger partial charge is 0.284 e. The number of hydrogen-bond acceptors (Lipinski definition) is 6. The first-order chi connectivity index (χ1) is 9.11. The van der Waals surface area contributed by atoms with Gasteiger partial charge in [-0.15, -0.1) is 10.2 Å². The van der Waals surface area contributed by atoms with E-state index in [0.29, 0.717) is 16.2 Å². The molecule has 2 heterocycles. The van der Waals surface area contributed by atoms with Crippen LogP contribution in [-0.2, 0) is 0 Å². The molecular formula is C12H21N5OS. The van der Waals surface area contributed by atoms with E-state index in [1.807, 2.05) is 11.8 Å². The summed E-state index contributed by atoms with van der Waals surface area (Å²) in [6.07, 6.45) is 2.20. The highest BCUT2D eigenvalue weighted by molar-refractivity contribution is 7.17. The molecule has 0 bridgehead atoms. The Morgan fingerprint density at radius 2 is 2.32 bits per heavy atom. The highest BCUT2D eigenvalue weighted by Crippen LogP contribution is 2.20. The Labute approximate surface area is 117 Å². The first kappa shape index (κ1) is 14.2. The zero-order chi connectivity index (χ0) is 13.8. The Hall–Kier alpha value is -1.21. The molecule has 106 valence electrons. The molecule has 7 heteroatoms. The van der Waals surface area contributed by atoms with E-state index >= 15 is 0 Å². The summed E-state index contributed by atoms with van der Waals surface area (Å²) in [7, 11) is 4.12. The third-order valence-electron chi connectivity index (χ3n) is 3.35. The van der Waals surface area contributed by atoms with Crippen LogP contribution in [0.3, 0.4) is 0 Å². The molecule has 19 heavy (non-hydrogen) atoms. The van der Waals surface area contributed by atoms with E-state index in [2.05, 4.69) is 34.5 Å². The number of carbonyl (C=O) groups is 1.